The molecule has 1 rings (SSSR count). The minimum Gasteiger partial charge on any atom is -0.489 e. The normalized spacial score (nSPS) is 10.8. The standard InChI is InChI=1S/C15H22ClNO/c1-10(2)13-7-15(12(4)6-14(13)16)18-9-11(3)8-17-5/h6-7,10,17H,3,8-9H2,1-2,4-5H3. The lowest BCUT2D eigenvalue weighted by molar-refractivity contribution is 0.346. The maximum absolute atomic E-state index is 6.23. The van der Waals surface area contributed by atoms with Gasteiger partial charge in [0.2, 0.25) is 0 Å². The van der Waals surface area contributed by atoms with Gasteiger partial charge in [-0.1, -0.05) is 32.0 Å². The molecule has 0 bridgehead atoms. The molecule has 0 saturated carbocycles. The van der Waals surface area contributed by atoms with Crippen LogP contribution < -0.4 is 10.1 Å². The van der Waals surface area contributed by atoms with Gasteiger partial charge in [-0.15, -0.1) is 0 Å². The second-order valence-corrected chi connectivity index (χ2v) is 5.27. The van der Waals surface area contributed by atoms with Crippen LogP contribution >= 0.6 is 11.6 Å². The smallest absolute Gasteiger partial charge is 0.123 e. The highest BCUT2D eigenvalue weighted by Crippen LogP contribution is 2.31. The van der Waals surface area contributed by atoms with Crippen LogP contribution in [0.2, 0.25) is 5.02 Å². The lowest BCUT2D eigenvalue weighted by Gasteiger charge is -2.15. The number of hydrogen-bond acceptors (Lipinski definition) is 2. The van der Waals surface area contributed by atoms with E-state index in [0.29, 0.717) is 12.5 Å². The van der Waals surface area contributed by atoms with E-state index in [2.05, 4.69) is 25.7 Å². The molecule has 0 aromatic heterocycles. The molecule has 18 heavy (non-hydrogen) atoms. The van der Waals surface area contributed by atoms with E-state index in [4.69, 9.17) is 16.3 Å². The minimum atomic E-state index is 0.390. The molecule has 2 nitrogen and oxygen atoms in total. The summed E-state index contributed by atoms with van der Waals surface area (Å²) in [6, 6.07) is 4.00. The molecule has 0 aliphatic rings. The molecule has 100 valence electrons. The zero-order valence-corrected chi connectivity index (χ0v) is 12.4. The van der Waals surface area contributed by atoms with E-state index in [9.17, 15) is 0 Å². The molecular formula is C15H22ClNO. The van der Waals surface area contributed by atoms with Gasteiger partial charge in [-0.25, -0.2) is 0 Å². The van der Waals surface area contributed by atoms with Crippen molar-refractivity contribution < 1.29 is 4.74 Å². The van der Waals surface area contributed by atoms with Crippen molar-refractivity contribution in [1.82, 2.24) is 5.32 Å². The van der Waals surface area contributed by atoms with Crippen molar-refractivity contribution in [3.63, 3.8) is 0 Å². The predicted octanol–water partition coefficient (Wildman–Crippen LogP) is 3.93. The lowest BCUT2D eigenvalue weighted by atomic mass is 10.0. The quantitative estimate of drug-likeness (QED) is 0.789. The van der Waals surface area contributed by atoms with Crippen molar-refractivity contribution in [1.29, 1.82) is 0 Å². The summed E-state index contributed by atoms with van der Waals surface area (Å²) in [4.78, 5) is 0. The molecule has 1 N–H and O–H groups in total. The van der Waals surface area contributed by atoms with Crippen molar-refractivity contribution in [3.8, 4) is 5.75 Å². The molecule has 0 atom stereocenters. The van der Waals surface area contributed by atoms with Gasteiger partial charge in [0.15, 0.2) is 0 Å². The third-order valence-electron chi connectivity index (χ3n) is 2.77. The van der Waals surface area contributed by atoms with Crippen LogP contribution in [0.15, 0.2) is 24.3 Å². The van der Waals surface area contributed by atoms with Crippen LogP contribution in [-0.4, -0.2) is 20.2 Å². The highest BCUT2D eigenvalue weighted by atomic mass is 35.5. The van der Waals surface area contributed by atoms with Gasteiger partial charge in [0.05, 0.1) is 0 Å². The van der Waals surface area contributed by atoms with E-state index in [1.165, 1.54) is 0 Å². The molecule has 1 aromatic carbocycles. The summed E-state index contributed by atoms with van der Waals surface area (Å²) >= 11 is 6.23. The molecule has 3 heteroatoms. The van der Waals surface area contributed by atoms with Crippen LogP contribution in [0.25, 0.3) is 0 Å². The monoisotopic (exact) mass is 267 g/mol. The van der Waals surface area contributed by atoms with Gasteiger partial charge in [-0.2, -0.15) is 0 Å². The SMILES string of the molecule is C=C(CNC)COc1cc(C(C)C)c(Cl)cc1C. The van der Waals surface area contributed by atoms with Gasteiger partial charge >= 0.3 is 0 Å². The zero-order valence-electron chi connectivity index (χ0n) is 11.6. The van der Waals surface area contributed by atoms with Gasteiger partial charge in [-0.3, -0.25) is 0 Å². The van der Waals surface area contributed by atoms with Crippen molar-refractivity contribution >= 4 is 11.6 Å². The Balaban J connectivity index is 2.82. The number of halogens is 1. The Morgan fingerprint density at radius 2 is 2.11 bits per heavy atom. The highest BCUT2D eigenvalue weighted by molar-refractivity contribution is 6.31. The summed E-state index contributed by atoms with van der Waals surface area (Å²) in [6.07, 6.45) is 0. The number of rotatable bonds is 6. The maximum Gasteiger partial charge on any atom is 0.123 e. The minimum absolute atomic E-state index is 0.390. The summed E-state index contributed by atoms with van der Waals surface area (Å²) in [5.41, 5.74) is 3.20. The summed E-state index contributed by atoms with van der Waals surface area (Å²) < 4.78 is 5.80. The lowest BCUT2D eigenvalue weighted by Crippen LogP contribution is -2.15. The van der Waals surface area contributed by atoms with Crippen molar-refractivity contribution in [2.75, 3.05) is 20.2 Å². The Morgan fingerprint density at radius 1 is 1.44 bits per heavy atom. The maximum atomic E-state index is 6.23. The van der Waals surface area contributed by atoms with Crippen LogP contribution in [0, 0.1) is 6.92 Å². The van der Waals surface area contributed by atoms with Crippen LogP contribution in [0.3, 0.4) is 0 Å². The Bertz CT molecular complexity index is 427. The molecule has 0 spiro atoms. The second kappa shape index (κ2) is 6.81. The van der Waals surface area contributed by atoms with Crippen LogP contribution in [0.5, 0.6) is 5.75 Å². The Labute approximate surface area is 115 Å². The van der Waals surface area contributed by atoms with E-state index in [1.807, 2.05) is 26.1 Å². The number of likely N-dealkylation sites (N-methyl/N-ethyl adjacent to an activating group) is 1. The van der Waals surface area contributed by atoms with E-state index >= 15 is 0 Å². The fourth-order valence-electron chi connectivity index (χ4n) is 1.75. The average molecular weight is 268 g/mol. The van der Waals surface area contributed by atoms with Gasteiger partial charge < -0.3 is 10.1 Å². The van der Waals surface area contributed by atoms with Gasteiger partial charge in [0.25, 0.3) is 0 Å². The number of nitrogens with one attached hydrogen (secondary N) is 1. The van der Waals surface area contributed by atoms with E-state index in [0.717, 1.165) is 34.0 Å². The molecule has 1 aromatic rings. The average Bonchev–Trinajstić information content (AvgIpc) is 2.27. The molecule has 0 saturated heterocycles. The summed E-state index contributed by atoms with van der Waals surface area (Å²) in [6.45, 7) is 11.5. The fraction of sp³-hybridized carbons (Fsp3) is 0.467. The van der Waals surface area contributed by atoms with Crippen molar-refractivity contribution in [2.45, 2.75) is 26.7 Å². The van der Waals surface area contributed by atoms with Gasteiger partial charge in [-0.05, 0) is 48.7 Å². The van der Waals surface area contributed by atoms with Crippen LogP contribution in [0.4, 0.5) is 0 Å². The molecule has 0 aliphatic carbocycles. The number of aryl methyl sites for hydroxylation is 1. The van der Waals surface area contributed by atoms with E-state index in [1.54, 1.807) is 0 Å². The fourth-order valence-corrected chi connectivity index (χ4v) is 2.18. The van der Waals surface area contributed by atoms with Crippen LogP contribution in [0.1, 0.15) is 30.9 Å². The highest BCUT2D eigenvalue weighted by Gasteiger charge is 2.10. The first-order valence-corrected chi connectivity index (χ1v) is 6.57. The Kier molecular flexibility index (Phi) is 5.70. The van der Waals surface area contributed by atoms with Gasteiger partial charge in [0.1, 0.15) is 12.4 Å². The Hall–Kier alpha value is -0.990. The van der Waals surface area contributed by atoms with E-state index in [-0.39, 0.29) is 0 Å². The zero-order chi connectivity index (χ0) is 13.7. The van der Waals surface area contributed by atoms with Crippen LogP contribution in [-0.2, 0) is 0 Å². The predicted molar refractivity (Wildman–Crippen MR) is 78.8 cm³/mol. The van der Waals surface area contributed by atoms with E-state index < -0.39 is 0 Å². The van der Waals surface area contributed by atoms with Gasteiger partial charge in [0, 0.05) is 11.6 Å². The first-order valence-electron chi connectivity index (χ1n) is 6.19. The number of benzene rings is 1. The number of ether oxygens (including phenoxy) is 1. The molecule has 0 amide bonds. The first kappa shape index (κ1) is 15.1. The third kappa shape index (κ3) is 4.04. The topological polar surface area (TPSA) is 21.3 Å². The summed E-state index contributed by atoms with van der Waals surface area (Å²) in [5, 5.41) is 3.87. The molecule has 0 aliphatic heterocycles. The second-order valence-electron chi connectivity index (χ2n) is 4.86. The number of hydrogen-bond donors (Lipinski definition) is 1. The van der Waals surface area contributed by atoms with Crippen molar-refractivity contribution in [3.05, 3.63) is 40.4 Å². The molecule has 0 heterocycles. The largest absolute Gasteiger partial charge is 0.489 e. The Morgan fingerprint density at radius 3 is 2.67 bits per heavy atom. The third-order valence-corrected chi connectivity index (χ3v) is 3.10. The molecule has 0 radical (unpaired) electrons. The first-order chi connectivity index (χ1) is 8.45. The summed E-state index contributed by atoms with van der Waals surface area (Å²) in [5.74, 6) is 1.28. The molecule has 0 fully saturated rings. The summed E-state index contributed by atoms with van der Waals surface area (Å²) in [7, 11) is 1.90. The molecular weight excluding hydrogens is 246 g/mol. The van der Waals surface area contributed by atoms with Crippen molar-refractivity contribution in [2.24, 2.45) is 0 Å². The molecule has 0 unspecified atom stereocenters.